The van der Waals surface area contributed by atoms with Crippen molar-refractivity contribution in [2.24, 2.45) is 0 Å². The van der Waals surface area contributed by atoms with Crippen LogP contribution in [-0.4, -0.2) is 51.9 Å². The number of benzene rings is 1. The molecule has 2 unspecified atom stereocenters. The van der Waals surface area contributed by atoms with Crippen LogP contribution in [0, 0.1) is 0 Å². The van der Waals surface area contributed by atoms with Crippen LogP contribution in [0.4, 0.5) is 5.69 Å². The lowest BCUT2D eigenvalue weighted by Crippen LogP contribution is -2.48. The molecule has 0 aromatic heterocycles. The van der Waals surface area contributed by atoms with Crippen LogP contribution < -0.4 is 5.32 Å². The largest absolute Gasteiger partial charge is 0.480 e. The zero-order valence-corrected chi connectivity index (χ0v) is 14.6. The third kappa shape index (κ3) is 4.29. The Hall–Kier alpha value is -2.02. The fraction of sp³-hybridized carbons (Fsp3) is 0.471. The van der Waals surface area contributed by atoms with Gasteiger partial charge in [0.1, 0.15) is 6.04 Å². The van der Waals surface area contributed by atoms with Crippen molar-refractivity contribution in [3.05, 3.63) is 29.8 Å². The van der Waals surface area contributed by atoms with E-state index in [2.05, 4.69) is 5.32 Å². The Bertz CT molecular complexity index is 635. The number of likely N-dealkylation sites (tertiary alicyclic amines) is 1. The van der Waals surface area contributed by atoms with Crippen LogP contribution in [0.5, 0.6) is 0 Å². The molecule has 1 saturated heterocycles. The molecule has 6 nitrogen and oxygen atoms in total. The maximum Gasteiger partial charge on any atom is 0.326 e. The van der Waals surface area contributed by atoms with Gasteiger partial charge in [-0.05, 0) is 50.6 Å². The van der Waals surface area contributed by atoms with E-state index >= 15 is 0 Å². The van der Waals surface area contributed by atoms with Crippen molar-refractivity contribution in [3.8, 4) is 0 Å². The van der Waals surface area contributed by atoms with E-state index in [0.29, 0.717) is 24.2 Å². The van der Waals surface area contributed by atoms with Crippen molar-refractivity contribution in [2.45, 2.75) is 37.5 Å². The molecule has 2 amide bonds. The monoisotopic (exact) mass is 350 g/mol. The summed E-state index contributed by atoms with van der Waals surface area (Å²) in [4.78, 5) is 37.4. The van der Waals surface area contributed by atoms with Gasteiger partial charge in [-0.2, -0.15) is 11.8 Å². The van der Waals surface area contributed by atoms with Gasteiger partial charge in [0.25, 0.3) is 5.91 Å². The molecule has 1 aliphatic heterocycles. The van der Waals surface area contributed by atoms with Crippen LogP contribution in [0.2, 0.25) is 0 Å². The molecule has 0 bridgehead atoms. The van der Waals surface area contributed by atoms with Crippen LogP contribution in [0.15, 0.2) is 24.3 Å². The second-order valence-corrected chi connectivity index (χ2v) is 6.97. The lowest BCUT2D eigenvalue weighted by atomic mass is 10.0. The predicted octanol–water partition coefficient (Wildman–Crippen LogP) is 2.46. The SMILES string of the molecule is CSC(C)C(=O)Nc1cccc(C(=O)N2CCCCC2C(=O)O)c1. The molecule has 1 heterocycles. The quantitative estimate of drug-likeness (QED) is 0.852. The molecular weight excluding hydrogens is 328 g/mol. The number of carboxylic acid groups (broad SMARTS) is 1. The van der Waals surface area contributed by atoms with E-state index in [4.69, 9.17) is 0 Å². The van der Waals surface area contributed by atoms with Crippen molar-refractivity contribution >= 4 is 35.2 Å². The van der Waals surface area contributed by atoms with E-state index in [1.165, 1.54) is 16.7 Å². The van der Waals surface area contributed by atoms with Gasteiger partial charge < -0.3 is 15.3 Å². The molecule has 24 heavy (non-hydrogen) atoms. The molecular formula is C17H22N2O4S. The summed E-state index contributed by atoms with van der Waals surface area (Å²) >= 11 is 1.44. The molecule has 1 aromatic rings. The minimum Gasteiger partial charge on any atom is -0.480 e. The number of piperidine rings is 1. The smallest absolute Gasteiger partial charge is 0.326 e. The van der Waals surface area contributed by atoms with Crippen molar-refractivity contribution in [1.82, 2.24) is 4.90 Å². The predicted molar refractivity (Wildman–Crippen MR) is 94.4 cm³/mol. The summed E-state index contributed by atoms with van der Waals surface area (Å²) in [5.74, 6) is -1.41. The second kappa shape index (κ2) is 8.19. The number of carbonyl (C=O) groups excluding carboxylic acids is 2. The van der Waals surface area contributed by atoms with Gasteiger partial charge in [-0.15, -0.1) is 0 Å². The molecule has 1 aliphatic rings. The van der Waals surface area contributed by atoms with Crippen LogP contribution in [0.1, 0.15) is 36.5 Å². The first-order valence-electron chi connectivity index (χ1n) is 7.91. The Morgan fingerprint density at radius 2 is 2.08 bits per heavy atom. The molecule has 1 fully saturated rings. The highest BCUT2D eigenvalue weighted by Crippen LogP contribution is 2.21. The fourth-order valence-electron chi connectivity index (χ4n) is 2.68. The van der Waals surface area contributed by atoms with Gasteiger partial charge in [-0.1, -0.05) is 6.07 Å². The maximum atomic E-state index is 12.7. The summed E-state index contributed by atoms with van der Waals surface area (Å²) < 4.78 is 0. The summed E-state index contributed by atoms with van der Waals surface area (Å²) in [5, 5.41) is 11.9. The van der Waals surface area contributed by atoms with Crippen molar-refractivity contribution in [2.75, 3.05) is 18.1 Å². The molecule has 0 spiro atoms. The minimum atomic E-state index is -0.971. The summed E-state index contributed by atoms with van der Waals surface area (Å²) in [6.07, 6.45) is 3.94. The lowest BCUT2D eigenvalue weighted by molar-refractivity contribution is -0.143. The third-order valence-corrected chi connectivity index (χ3v) is 5.07. The molecule has 0 radical (unpaired) electrons. The maximum absolute atomic E-state index is 12.7. The number of carbonyl (C=O) groups is 3. The van der Waals surface area contributed by atoms with Crippen molar-refractivity contribution in [1.29, 1.82) is 0 Å². The zero-order chi connectivity index (χ0) is 17.7. The summed E-state index contributed by atoms with van der Waals surface area (Å²) in [6.45, 7) is 2.25. The number of hydrogen-bond donors (Lipinski definition) is 2. The highest BCUT2D eigenvalue weighted by atomic mass is 32.2. The van der Waals surface area contributed by atoms with E-state index in [1.54, 1.807) is 31.2 Å². The summed E-state index contributed by atoms with van der Waals surface area (Å²) in [7, 11) is 0. The van der Waals surface area contributed by atoms with E-state index < -0.39 is 12.0 Å². The first-order valence-corrected chi connectivity index (χ1v) is 9.20. The minimum absolute atomic E-state index is 0.131. The first kappa shape index (κ1) is 18.3. The fourth-order valence-corrected chi connectivity index (χ4v) is 2.95. The average molecular weight is 350 g/mol. The van der Waals surface area contributed by atoms with E-state index in [1.807, 2.05) is 6.26 Å². The number of rotatable bonds is 5. The number of aliphatic carboxylic acids is 1. The number of hydrogen-bond acceptors (Lipinski definition) is 4. The number of nitrogens with zero attached hydrogens (tertiary/aromatic N) is 1. The molecule has 2 N–H and O–H groups in total. The topological polar surface area (TPSA) is 86.7 Å². The highest BCUT2D eigenvalue weighted by Gasteiger charge is 2.32. The molecule has 2 atom stereocenters. The Morgan fingerprint density at radius 1 is 1.33 bits per heavy atom. The second-order valence-electron chi connectivity index (χ2n) is 5.80. The molecule has 7 heteroatoms. The summed E-state index contributed by atoms with van der Waals surface area (Å²) in [6, 6.07) is 5.87. The molecule has 0 saturated carbocycles. The lowest BCUT2D eigenvalue weighted by Gasteiger charge is -2.33. The van der Waals surface area contributed by atoms with Gasteiger partial charge in [0.15, 0.2) is 0 Å². The van der Waals surface area contributed by atoms with E-state index in [0.717, 1.165) is 12.8 Å². The number of thioether (sulfide) groups is 1. The Kier molecular flexibility index (Phi) is 6.25. The standard InChI is InChI=1S/C17H22N2O4S/c1-11(24-2)15(20)18-13-7-5-6-12(10-13)16(21)19-9-4-3-8-14(19)17(22)23/h5-7,10-11,14H,3-4,8-9H2,1-2H3,(H,18,20)(H,22,23). The molecule has 0 aliphatic carbocycles. The van der Waals surface area contributed by atoms with Crippen LogP contribution in [0.3, 0.4) is 0 Å². The van der Waals surface area contributed by atoms with Gasteiger partial charge >= 0.3 is 5.97 Å². The average Bonchev–Trinajstić information content (AvgIpc) is 2.60. The van der Waals surface area contributed by atoms with Gasteiger partial charge in [0.2, 0.25) is 5.91 Å². The number of anilines is 1. The summed E-state index contributed by atoms with van der Waals surface area (Å²) in [5.41, 5.74) is 0.924. The number of amides is 2. The third-order valence-electron chi connectivity index (χ3n) is 4.15. The van der Waals surface area contributed by atoms with E-state index in [9.17, 15) is 19.5 Å². The van der Waals surface area contributed by atoms with Gasteiger partial charge in [-0.25, -0.2) is 4.79 Å². The van der Waals surface area contributed by atoms with E-state index in [-0.39, 0.29) is 17.1 Å². The highest BCUT2D eigenvalue weighted by molar-refractivity contribution is 7.99. The number of carboxylic acids is 1. The Balaban J connectivity index is 2.16. The number of nitrogens with one attached hydrogen (secondary N) is 1. The Labute approximate surface area is 145 Å². The van der Waals surface area contributed by atoms with Gasteiger partial charge in [0.05, 0.1) is 5.25 Å². The van der Waals surface area contributed by atoms with Crippen molar-refractivity contribution < 1.29 is 19.5 Å². The molecule has 130 valence electrons. The molecule has 1 aromatic carbocycles. The van der Waals surface area contributed by atoms with Crippen molar-refractivity contribution in [3.63, 3.8) is 0 Å². The van der Waals surface area contributed by atoms with Crippen LogP contribution >= 0.6 is 11.8 Å². The molecule has 2 rings (SSSR count). The zero-order valence-electron chi connectivity index (χ0n) is 13.8. The Morgan fingerprint density at radius 3 is 2.75 bits per heavy atom. The first-order chi connectivity index (χ1) is 11.4. The van der Waals surface area contributed by atoms with Crippen LogP contribution in [-0.2, 0) is 9.59 Å². The van der Waals surface area contributed by atoms with Crippen LogP contribution in [0.25, 0.3) is 0 Å². The van der Waals surface area contributed by atoms with Gasteiger partial charge in [0, 0.05) is 17.8 Å². The van der Waals surface area contributed by atoms with Gasteiger partial charge in [-0.3, -0.25) is 9.59 Å². The normalized spacial score (nSPS) is 18.8.